The van der Waals surface area contributed by atoms with Gasteiger partial charge < -0.3 is 5.32 Å². The number of rotatable bonds is 4. The first-order chi connectivity index (χ1) is 13.5. The summed E-state index contributed by atoms with van der Waals surface area (Å²) in [4.78, 5) is 38.6. The lowest BCUT2D eigenvalue weighted by atomic mass is 9.94. The van der Waals surface area contributed by atoms with Crippen molar-refractivity contribution in [2.24, 2.45) is 0 Å². The van der Waals surface area contributed by atoms with Gasteiger partial charge >= 0.3 is 0 Å². The van der Waals surface area contributed by atoms with Gasteiger partial charge in [-0.3, -0.25) is 19.3 Å². The second-order valence-corrected chi connectivity index (χ2v) is 6.36. The number of carbonyl (C=O) groups is 3. The first-order valence-corrected chi connectivity index (χ1v) is 8.58. The predicted molar refractivity (Wildman–Crippen MR) is 98.0 cm³/mol. The number of hydrogen-bond donors (Lipinski definition) is 1. The van der Waals surface area contributed by atoms with Crippen molar-refractivity contribution in [1.29, 1.82) is 0 Å². The van der Waals surface area contributed by atoms with Crippen LogP contribution >= 0.6 is 0 Å². The topological polar surface area (TPSA) is 66.5 Å². The Morgan fingerprint density at radius 2 is 1.54 bits per heavy atom. The molecule has 3 aromatic rings. The summed E-state index contributed by atoms with van der Waals surface area (Å²) in [7, 11) is 0. The quantitative estimate of drug-likeness (QED) is 0.707. The molecule has 1 N–H and O–H groups in total. The second kappa shape index (κ2) is 6.84. The third-order valence-electron chi connectivity index (χ3n) is 4.66. The maximum atomic E-state index is 13.3. The van der Waals surface area contributed by atoms with Crippen LogP contribution in [0.4, 0.5) is 8.78 Å². The van der Waals surface area contributed by atoms with Crippen LogP contribution in [0.3, 0.4) is 0 Å². The Morgan fingerprint density at radius 3 is 2.14 bits per heavy atom. The van der Waals surface area contributed by atoms with Crippen molar-refractivity contribution < 1.29 is 23.2 Å². The van der Waals surface area contributed by atoms with Gasteiger partial charge in [-0.15, -0.1) is 0 Å². The Bertz CT molecular complexity index is 1090. The number of hydrogen-bond acceptors (Lipinski definition) is 3. The molecule has 7 heteroatoms. The average molecular weight is 380 g/mol. The molecule has 0 fully saturated rings. The van der Waals surface area contributed by atoms with Crippen LogP contribution in [0.15, 0.2) is 54.6 Å². The molecule has 140 valence electrons. The fourth-order valence-electron chi connectivity index (χ4n) is 3.30. The van der Waals surface area contributed by atoms with Crippen LogP contribution in [0.25, 0.3) is 10.8 Å². The van der Waals surface area contributed by atoms with E-state index in [0.717, 1.165) is 28.5 Å². The van der Waals surface area contributed by atoms with E-state index < -0.39 is 29.4 Å². The van der Waals surface area contributed by atoms with Gasteiger partial charge in [0.1, 0.15) is 0 Å². The molecular weight excluding hydrogens is 366 g/mol. The third-order valence-corrected chi connectivity index (χ3v) is 4.66. The number of benzene rings is 3. The second-order valence-electron chi connectivity index (χ2n) is 6.36. The van der Waals surface area contributed by atoms with Crippen molar-refractivity contribution in [3.8, 4) is 0 Å². The van der Waals surface area contributed by atoms with E-state index in [9.17, 15) is 23.2 Å². The minimum Gasteiger partial charge on any atom is -0.350 e. The lowest BCUT2D eigenvalue weighted by Crippen LogP contribution is -2.44. The molecule has 28 heavy (non-hydrogen) atoms. The summed E-state index contributed by atoms with van der Waals surface area (Å²) in [5, 5.41) is 3.94. The highest BCUT2D eigenvalue weighted by atomic mass is 19.2. The summed E-state index contributed by atoms with van der Waals surface area (Å²) in [5.41, 5.74) is 0.810. The minimum absolute atomic E-state index is 0.0204. The molecule has 1 aliphatic heterocycles. The number of nitrogens with one attached hydrogen (secondary N) is 1. The van der Waals surface area contributed by atoms with E-state index in [2.05, 4.69) is 5.32 Å². The van der Waals surface area contributed by atoms with Gasteiger partial charge in [0.25, 0.3) is 17.7 Å². The highest BCUT2D eigenvalue weighted by molar-refractivity contribution is 6.25. The van der Waals surface area contributed by atoms with E-state index in [1.54, 1.807) is 24.3 Å². The molecule has 1 heterocycles. The number of imide groups is 1. The van der Waals surface area contributed by atoms with Gasteiger partial charge in [0.15, 0.2) is 11.6 Å². The standard InChI is InChI=1S/C21H14F2N2O3/c22-16-8-7-13(11-17(16)23)19(26)24-9-10-25-20(27)14-5-1-3-12-4-2-6-15(18(12)14)21(25)28/h1-8,11H,9-10H2,(H,24,26). The van der Waals surface area contributed by atoms with E-state index >= 15 is 0 Å². The largest absolute Gasteiger partial charge is 0.350 e. The molecule has 4 rings (SSSR count). The molecule has 0 saturated carbocycles. The van der Waals surface area contributed by atoms with Gasteiger partial charge in [-0.25, -0.2) is 8.78 Å². The fraction of sp³-hybridized carbons (Fsp3) is 0.0952. The smallest absolute Gasteiger partial charge is 0.261 e. The molecule has 0 spiro atoms. The monoisotopic (exact) mass is 380 g/mol. The molecule has 0 unspecified atom stereocenters. The van der Waals surface area contributed by atoms with Crippen molar-refractivity contribution in [3.63, 3.8) is 0 Å². The normalized spacial score (nSPS) is 13.1. The lowest BCUT2D eigenvalue weighted by molar-refractivity contribution is 0.0607. The zero-order chi connectivity index (χ0) is 19.8. The van der Waals surface area contributed by atoms with Crippen molar-refractivity contribution in [1.82, 2.24) is 10.2 Å². The summed E-state index contributed by atoms with van der Waals surface area (Å²) in [6, 6.07) is 13.3. The molecule has 0 atom stereocenters. The summed E-state index contributed by atoms with van der Waals surface area (Å²) in [6.45, 7) is -0.0642. The number of amides is 3. The molecular formula is C21H14F2N2O3. The molecule has 3 aromatic carbocycles. The van der Waals surface area contributed by atoms with Crippen molar-refractivity contribution in [2.75, 3.05) is 13.1 Å². The summed E-state index contributed by atoms with van der Waals surface area (Å²) in [5.74, 6) is -3.67. The molecule has 0 aromatic heterocycles. The fourth-order valence-corrected chi connectivity index (χ4v) is 3.30. The van der Waals surface area contributed by atoms with Gasteiger partial charge in [0.05, 0.1) is 0 Å². The first kappa shape index (κ1) is 17.8. The SMILES string of the molecule is O=C(NCCN1C(=O)c2cccc3cccc(c23)C1=O)c1ccc(F)c(F)c1. The van der Waals surface area contributed by atoms with Crippen molar-refractivity contribution in [2.45, 2.75) is 0 Å². The molecule has 1 aliphatic rings. The van der Waals surface area contributed by atoms with Crippen LogP contribution in [0.5, 0.6) is 0 Å². The van der Waals surface area contributed by atoms with Gasteiger partial charge in [0, 0.05) is 35.2 Å². The van der Waals surface area contributed by atoms with Crippen LogP contribution < -0.4 is 5.32 Å². The summed E-state index contributed by atoms with van der Waals surface area (Å²) >= 11 is 0. The highest BCUT2D eigenvalue weighted by Gasteiger charge is 2.32. The molecule has 5 nitrogen and oxygen atoms in total. The summed E-state index contributed by atoms with van der Waals surface area (Å²) < 4.78 is 26.2. The molecule has 0 saturated heterocycles. The minimum atomic E-state index is -1.13. The van der Waals surface area contributed by atoms with Crippen molar-refractivity contribution >= 4 is 28.5 Å². The number of carbonyl (C=O) groups excluding carboxylic acids is 3. The Balaban J connectivity index is 1.50. The van der Waals surface area contributed by atoms with Gasteiger partial charge in [-0.2, -0.15) is 0 Å². The zero-order valence-electron chi connectivity index (χ0n) is 14.5. The first-order valence-electron chi connectivity index (χ1n) is 8.58. The zero-order valence-corrected chi connectivity index (χ0v) is 14.5. The van der Waals surface area contributed by atoms with E-state index in [1.165, 1.54) is 0 Å². The Morgan fingerprint density at radius 1 is 0.893 bits per heavy atom. The van der Waals surface area contributed by atoms with Crippen LogP contribution in [0.1, 0.15) is 31.1 Å². The van der Waals surface area contributed by atoms with Gasteiger partial charge in [-0.1, -0.05) is 24.3 Å². The average Bonchev–Trinajstić information content (AvgIpc) is 2.70. The van der Waals surface area contributed by atoms with Gasteiger partial charge in [0.2, 0.25) is 0 Å². The van der Waals surface area contributed by atoms with Crippen LogP contribution in [0.2, 0.25) is 0 Å². The maximum Gasteiger partial charge on any atom is 0.261 e. The van der Waals surface area contributed by atoms with Gasteiger partial charge in [-0.05, 0) is 35.7 Å². The third kappa shape index (κ3) is 2.90. The number of nitrogens with zero attached hydrogens (tertiary/aromatic N) is 1. The van der Waals surface area contributed by atoms with Crippen molar-refractivity contribution in [3.05, 3.63) is 82.9 Å². The Hall–Kier alpha value is -3.61. The highest BCUT2D eigenvalue weighted by Crippen LogP contribution is 2.29. The summed E-state index contributed by atoms with van der Waals surface area (Å²) in [6.07, 6.45) is 0. The Labute approximate surface area is 158 Å². The molecule has 0 bridgehead atoms. The maximum absolute atomic E-state index is 13.3. The van der Waals surface area contributed by atoms with E-state index in [0.29, 0.717) is 16.5 Å². The molecule has 0 aliphatic carbocycles. The number of halogens is 2. The Kier molecular flexibility index (Phi) is 4.35. The van der Waals surface area contributed by atoms with Crippen LogP contribution in [-0.4, -0.2) is 35.7 Å². The van der Waals surface area contributed by atoms with Crippen LogP contribution in [-0.2, 0) is 0 Å². The van der Waals surface area contributed by atoms with Crippen LogP contribution in [0, 0.1) is 11.6 Å². The molecule has 0 radical (unpaired) electrons. The lowest BCUT2D eigenvalue weighted by Gasteiger charge is -2.27. The van der Waals surface area contributed by atoms with E-state index in [1.807, 2.05) is 12.1 Å². The van der Waals surface area contributed by atoms with E-state index in [-0.39, 0.29) is 18.7 Å². The predicted octanol–water partition coefficient (Wildman–Crippen LogP) is 3.14. The molecule has 3 amide bonds. The van der Waals surface area contributed by atoms with E-state index in [4.69, 9.17) is 0 Å².